The maximum atomic E-state index is 12.6. The van der Waals surface area contributed by atoms with Crippen LogP contribution in [0.3, 0.4) is 0 Å². The van der Waals surface area contributed by atoms with Gasteiger partial charge in [-0.3, -0.25) is 0 Å². The minimum Gasteiger partial charge on any atom is -0.495 e. The number of sulfonamides is 1. The van der Waals surface area contributed by atoms with Crippen molar-refractivity contribution in [1.29, 1.82) is 0 Å². The molecule has 0 spiro atoms. The van der Waals surface area contributed by atoms with Crippen molar-refractivity contribution in [2.75, 3.05) is 20.8 Å². The molecule has 1 saturated heterocycles. The van der Waals surface area contributed by atoms with E-state index in [4.69, 9.17) is 9.47 Å². The second-order valence-electron chi connectivity index (χ2n) is 5.11. The molecular weight excluding hydrogens is 292 g/mol. The van der Waals surface area contributed by atoms with Gasteiger partial charge in [-0.1, -0.05) is 6.07 Å². The predicted molar refractivity (Wildman–Crippen MR) is 79.9 cm³/mol. The van der Waals surface area contributed by atoms with E-state index < -0.39 is 10.0 Å². The van der Waals surface area contributed by atoms with E-state index in [0.717, 1.165) is 5.56 Å². The molecule has 0 aliphatic carbocycles. The highest BCUT2D eigenvalue weighted by molar-refractivity contribution is 7.89. The van der Waals surface area contributed by atoms with E-state index in [1.54, 1.807) is 12.1 Å². The smallest absolute Gasteiger partial charge is 0.244 e. The van der Waals surface area contributed by atoms with E-state index >= 15 is 0 Å². The Morgan fingerprint density at radius 1 is 1.43 bits per heavy atom. The van der Waals surface area contributed by atoms with Gasteiger partial charge < -0.3 is 14.8 Å². The first kappa shape index (κ1) is 16.2. The number of ether oxygens (including phenoxy) is 2. The molecule has 2 atom stereocenters. The van der Waals surface area contributed by atoms with Gasteiger partial charge in [-0.2, -0.15) is 0 Å². The molecule has 6 nitrogen and oxygen atoms in total. The highest BCUT2D eigenvalue weighted by Gasteiger charge is 2.30. The molecule has 21 heavy (non-hydrogen) atoms. The highest BCUT2D eigenvalue weighted by atomic mass is 32.2. The van der Waals surface area contributed by atoms with Crippen LogP contribution in [0.15, 0.2) is 23.1 Å². The van der Waals surface area contributed by atoms with E-state index in [9.17, 15) is 8.42 Å². The lowest BCUT2D eigenvalue weighted by molar-refractivity contribution is 0.117. The van der Waals surface area contributed by atoms with Crippen LogP contribution >= 0.6 is 0 Å². The summed E-state index contributed by atoms with van der Waals surface area (Å²) in [5, 5.41) is 3.00. The Hall–Kier alpha value is -1.15. The third-order valence-electron chi connectivity index (χ3n) is 3.58. The van der Waals surface area contributed by atoms with Crippen LogP contribution in [-0.4, -0.2) is 41.3 Å². The Labute approximate surface area is 125 Å². The quantitative estimate of drug-likeness (QED) is 0.815. The number of hydrogen-bond acceptors (Lipinski definition) is 5. The second-order valence-corrected chi connectivity index (χ2v) is 6.79. The zero-order valence-electron chi connectivity index (χ0n) is 12.5. The molecule has 118 valence electrons. The van der Waals surface area contributed by atoms with E-state index in [2.05, 4.69) is 10.0 Å². The topological polar surface area (TPSA) is 76.7 Å². The third kappa shape index (κ3) is 3.74. The minimum atomic E-state index is -3.64. The van der Waals surface area contributed by atoms with Crippen LogP contribution in [0.2, 0.25) is 0 Å². The summed E-state index contributed by atoms with van der Waals surface area (Å²) in [4.78, 5) is 0.164. The SMILES string of the molecule is CNCc1ccc(OC)c(S(=O)(=O)NC2CCOC2C)c1. The summed E-state index contributed by atoms with van der Waals surface area (Å²) in [6.45, 7) is 3.04. The molecule has 1 aromatic rings. The molecule has 1 aliphatic rings. The summed E-state index contributed by atoms with van der Waals surface area (Å²) in [6, 6.07) is 4.96. The van der Waals surface area contributed by atoms with Crippen molar-refractivity contribution < 1.29 is 17.9 Å². The zero-order valence-corrected chi connectivity index (χ0v) is 13.4. The molecule has 0 bridgehead atoms. The molecule has 1 aliphatic heterocycles. The van der Waals surface area contributed by atoms with Gasteiger partial charge >= 0.3 is 0 Å². The number of hydrogen-bond donors (Lipinski definition) is 2. The Morgan fingerprint density at radius 2 is 2.19 bits per heavy atom. The van der Waals surface area contributed by atoms with Gasteiger partial charge in [-0.15, -0.1) is 0 Å². The summed E-state index contributed by atoms with van der Waals surface area (Å²) >= 11 is 0. The predicted octanol–water partition coefficient (Wildman–Crippen LogP) is 0.870. The molecule has 0 aromatic heterocycles. The molecule has 0 radical (unpaired) electrons. The molecule has 0 saturated carbocycles. The van der Waals surface area contributed by atoms with Gasteiger partial charge in [-0.25, -0.2) is 13.1 Å². The van der Waals surface area contributed by atoms with Gasteiger partial charge in [0.1, 0.15) is 10.6 Å². The van der Waals surface area contributed by atoms with Crippen LogP contribution in [0.4, 0.5) is 0 Å². The average Bonchev–Trinajstić information content (AvgIpc) is 2.84. The highest BCUT2D eigenvalue weighted by Crippen LogP contribution is 2.26. The molecule has 1 heterocycles. The van der Waals surface area contributed by atoms with Crippen molar-refractivity contribution in [2.24, 2.45) is 0 Å². The fourth-order valence-corrected chi connectivity index (χ4v) is 3.95. The van der Waals surface area contributed by atoms with E-state index in [1.807, 2.05) is 20.0 Å². The number of rotatable bonds is 6. The molecule has 1 fully saturated rings. The fourth-order valence-electron chi connectivity index (χ4n) is 2.39. The maximum absolute atomic E-state index is 12.6. The van der Waals surface area contributed by atoms with Gasteiger partial charge in [0, 0.05) is 13.2 Å². The maximum Gasteiger partial charge on any atom is 0.244 e. The number of methoxy groups -OCH3 is 1. The molecule has 7 heteroatoms. The fraction of sp³-hybridized carbons (Fsp3) is 0.571. The largest absolute Gasteiger partial charge is 0.495 e. The molecule has 1 aromatic carbocycles. The van der Waals surface area contributed by atoms with Gasteiger partial charge in [0.25, 0.3) is 0 Å². The standard InChI is InChI=1S/C14H22N2O4S/c1-10-12(6-7-20-10)16-21(17,18)14-8-11(9-15-2)4-5-13(14)19-3/h4-5,8,10,12,15-16H,6-7,9H2,1-3H3. The summed E-state index contributed by atoms with van der Waals surface area (Å²) in [6.07, 6.45) is 0.560. The van der Waals surface area contributed by atoms with Gasteiger partial charge in [0.05, 0.1) is 19.3 Å². The van der Waals surface area contributed by atoms with Crippen molar-refractivity contribution in [3.63, 3.8) is 0 Å². The minimum absolute atomic E-state index is 0.119. The molecule has 0 amide bonds. The van der Waals surface area contributed by atoms with E-state index in [-0.39, 0.29) is 17.0 Å². The lowest BCUT2D eigenvalue weighted by Gasteiger charge is -2.18. The van der Waals surface area contributed by atoms with Crippen LogP contribution in [-0.2, 0) is 21.3 Å². The molecular formula is C14H22N2O4S. The van der Waals surface area contributed by atoms with Crippen LogP contribution < -0.4 is 14.8 Å². The first-order valence-electron chi connectivity index (χ1n) is 6.93. The average molecular weight is 314 g/mol. The van der Waals surface area contributed by atoms with Gasteiger partial charge in [0.15, 0.2) is 0 Å². The summed E-state index contributed by atoms with van der Waals surface area (Å²) in [7, 11) is -0.364. The van der Waals surface area contributed by atoms with Crippen molar-refractivity contribution in [1.82, 2.24) is 10.0 Å². The molecule has 2 unspecified atom stereocenters. The third-order valence-corrected chi connectivity index (χ3v) is 5.09. The molecule has 2 N–H and O–H groups in total. The van der Waals surface area contributed by atoms with Gasteiger partial charge in [-0.05, 0) is 38.1 Å². The van der Waals surface area contributed by atoms with E-state index in [0.29, 0.717) is 25.3 Å². The molecule has 2 rings (SSSR count). The monoisotopic (exact) mass is 314 g/mol. The van der Waals surface area contributed by atoms with Crippen molar-refractivity contribution in [3.05, 3.63) is 23.8 Å². The summed E-state index contributed by atoms with van der Waals surface area (Å²) in [5.41, 5.74) is 0.884. The van der Waals surface area contributed by atoms with Crippen molar-refractivity contribution in [3.8, 4) is 5.75 Å². The number of nitrogens with one attached hydrogen (secondary N) is 2. The van der Waals surface area contributed by atoms with E-state index in [1.165, 1.54) is 7.11 Å². The first-order valence-corrected chi connectivity index (χ1v) is 8.41. The van der Waals surface area contributed by atoms with Crippen LogP contribution in [0.1, 0.15) is 18.9 Å². The van der Waals surface area contributed by atoms with Gasteiger partial charge in [0.2, 0.25) is 10.0 Å². The van der Waals surface area contributed by atoms with Crippen LogP contribution in [0, 0.1) is 0 Å². The lowest BCUT2D eigenvalue weighted by Crippen LogP contribution is -2.39. The van der Waals surface area contributed by atoms with Crippen LogP contribution in [0.25, 0.3) is 0 Å². The van der Waals surface area contributed by atoms with Crippen LogP contribution in [0.5, 0.6) is 5.75 Å². The van der Waals surface area contributed by atoms with Crippen molar-refractivity contribution >= 4 is 10.0 Å². The zero-order chi connectivity index (χ0) is 15.5. The normalized spacial score (nSPS) is 22.4. The Kier molecular flexibility index (Phi) is 5.21. The summed E-state index contributed by atoms with van der Waals surface area (Å²) < 4.78 is 38.5. The first-order chi connectivity index (χ1) is 9.97. The Balaban J connectivity index is 2.31. The summed E-state index contributed by atoms with van der Waals surface area (Å²) in [5.74, 6) is 0.342. The Bertz CT molecular complexity index is 589. The van der Waals surface area contributed by atoms with Crippen molar-refractivity contribution in [2.45, 2.75) is 36.9 Å². The lowest BCUT2D eigenvalue weighted by atomic mass is 10.2. The Morgan fingerprint density at radius 3 is 2.76 bits per heavy atom. The second kappa shape index (κ2) is 6.74. The number of benzene rings is 1.